The Labute approximate surface area is 441 Å². The molecule has 0 bridgehead atoms. The lowest BCUT2D eigenvalue weighted by molar-refractivity contribution is 0.583. The third-order valence-electron chi connectivity index (χ3n) is 16.4. The first-order valence-corrected chi connectivity index (χ1v) is 42.8. The van der Waals surface area contributed by atoms with Gasteiger partial charge >= 0.3 is 0 Å². The zero-order chi connectivity index (χ0) is 51.2. The highest BCUT2D eigenvalue weighted by Crippen LogP contribution is 2.56. The molecule has 0 radical (unpaired) electrons. The van der Waals surface area contributed by atoms with Crippen molar-refractivity contribution in [3.05, 3.63) is 97.1 Å². The summed E-state index contributed by atoms with van der Waals surface area (Å²) in [6.07, 6.45) is 15.5. The molecule has 4 aromatic carbocycles. The third kappa shape index (κ3) is 14.9. The van der Waals surface area contributed by atoms with E-state index < -0.39 is 48.4 Å². The largest absolute Gasteiger partial charge is 0.242 e. The molecule has 0 N–H and O–H groups in total. The van der Waals surface area contributed by atoms with Crippen molar-refractivity contribution in [1.82, 2.24) is 4.44 Å². The summed E-state index contributed by atoms with van der Waals surface area (Å²) in [7, 11) is -8.74. The highest BCUT2D eigenvalue weighted by molar-refractivity contribution is 7.84. The van der Waals surface area contributed by atoms with Crippen LogP contribution in [0.25, 0.3) is 0 Å². The van der Waals surface area contributed by atoms with E-state index in [2.05, 4.69) is 198 Å². The lowest BCUT2D eigenvalue weighted by Crippen LogP contribution is -2.50. The molecule has 70 heavy (non-hydrogen) atoms. The van der Waals surface area contributed by atoms with E-state index in [0.29, 0.717) is 6.04 Å². The van der Waals surface area contributed by atoms with E-state index in [4.69, 9.17) is 0 Å². The minimum atomic E-state index is -1.73. The minimum absolute atomic E-state index is 0.345. The smallest absolute Gasteiger partial charge is 0.0867 e. The minimum Gasteiger partial charge on any atom is -0.242 e. The first kappa shape index (κ1) is 61.1. The first-order valence-electron chi connectivity index (χ1n) is 29.7. The summed E-state index contributed by atoms with van der Waals surface area (Å²) in [5, 5.41) is 13.4. The molecule has 0 atom stereocenters. The number of benzene rings is 4. The van der Waals surface area contributed by atoms with Crippen LogP contribution in [0, 0.1) is 0 Å². The molecule has 0 fully saturated rings. The standard InChI is InChI=1S/C63H107NP2Si4/c1-15-39-67(40-16-2,41-17-3)60-35-27-31-56(51-60)65(57-32-28-36-61(52-57)68(42-18-4,43-19-5)44-20-6)64(55(13)14)66(58-33-29-37-62(53-58)69(45-21-7,46-22-8)47-23-9)59-34-30-38-63(54-59)70(48-24-10,49-25-11)50-26-12/h27-38,51-55H,15-26,39-50H2,1-14H3. The highest BCUT2D eigenvalue weighted by Gasteiger charge is 2.41. The van der Waals surface area contributed by atoms with Crippen LogP contribution in [0.4, 0.5) is 0 Å². The van der Waals surface area contributed by atoms with E-state index in [9.17, 15) is 0 Å². The Morgan fingerprint density at radius 2 is 0.471 bits per heavy atom. The van der Waals surface area contributed by atoms with E-state index in [0.717, 1.165) is 0 Å². The van der Waals surface area contributed by atoms with Gasteiger partial charge in [-0.3, -0.25) is 0 Å². The van der Waals surface area contributed by atoms with E-state index >= 15 is 0 Å². The molecule has 0 heterocycles. The lowest BCUT2D eigenvalue weighted by atomic mass is 10.3. The molecule has 7 heteroatoms. The molecule has 0 aliphatic carbocycles. The third-order valence-corrected chi connectivity index (χ3v) is 45.9. The summed E-state index contributed by atoms with van der Waals surface area (Å²) in [6, 6.07) is 59.6. The number of rotatable bonds is 35. The molecule has 0 spiro atoms. The lowest BCUT2D eigenvalue weighted by Gasteiger charge is -2.43. The fraction of sp³-hybridized carbons (Fsp3) is 0.619. The quantitative estimate of drug-likeness (QED) is 0.0328. The molecule has 390 valence electrons. The normalized spacial score (nSPS) is 12.9. The second kappa shape index (κ2) is 30.8. The Balaban J connectivity index is 2.27. The van der Waals surface area contributed by atoms with Crippen LogP contribution in [0.15, 0.2) is 97.1 Å². The summed E-state index contributed by atoms with van der Waals surface area (Å²) in [5.41, 5.74) is 0. The van der Waals surface area contributed by atoms with Gasteiger partial charge in [0.2, 0.25) is 0 Å². The number of hydrogen-bond donors (Lipinski definition) is 0. The zero-order valence-corrected chi connectivity index (χ0v) is 53.9. The van der Waals surface area contributed by atoms with E-state index in [1.807, 2.05) is 0 Å². The average molecular weight is 1050 g/mol. The molecule has 0 amide bonds. The maximum atomic E-state index is 3.19. The van der Waals surface area contributed by atoms with Crippen molar-refractivity contribution in [2.24, 2.45) is 0 Å². The molecule has 0 aliphatic heterocycles. The van der Waals surface area contributed by atoms with Crippen molar-refractivity contribution in [3.63, 3.8) is 0 Å². The molecule has 0 saturated heterocycles. The fourth-order valence-corrected chi connectivity index (χ4v) is 42.6. The zero-order valence-electron chi connectivity index (χ0n) is 48.1. The van der Waals surface area contributed by atoms with Crippen molar-refractivity contribution in [2.45, 2.75) is 253 Å². The fourth-order valence-electron chi connectivity index (χ4n) is 14.2. The molecule has 0 aromatic heterocycles. The van der Waals surface area contributed by atoms with Crippen LogP contribution in [-0.2, 0) is 0 Å². The van der Waals surface area contributed by atoms with Crippen LogP contribution in [0.5, 0.6) is 0 Å². The van der Waals surface area contributed by atoms with Crippen molar-refractivity contribution in [3.8, 4) is 0 Å². The number of nitrogens with zero attached hydrogens (tertiary/aromatic N) is 1. The molecule has 0 saturated carbocycles. The summed E-state index contributed by atoms with van der Waals surface area (Å²) >= 11 is 0. The van der Waals surface area contributed by atoms with Gasteiger partial charge in [0.15, 0.2) is 0 Å². The van der Waals surface area contributed by atoms with Gasteiger partial charge in [-0.15, -0.1) is 0 Å². The maximum Gasteiger partial charge on any atom is 0.0867 e. The van der Waals surface area contributed by atoms with Crippen molar-refractivity contribution in [2.75, 3.05) is 0 Å². The van der Waals surface area contributed by atoms with Gasteiger partial charge in [0.05, 0.1) is 32.3 Å². The Kier molecular flexibility index (Phi) is 26.9. The summed E-state index contributed by atoms with van der Waals surface area (Å²) in [4.78, 5) is 0. The Hall–Kier alpha value is -1.43. The molecule has 1 nitrogen and oxygen atoms in total. The van der Waals surface area contributed by atoms with Crippen LogP contribution < -0.4 is 42.0 Å². The van der Waals surface area contributed by atoms with Crippen LogP contribution in [0.3, 0.4) is 0 Å². The summed E-state index contributed by atoms with van der Waals surface area (Å²) in [5.74, 6) is 0. The van der Waals surface area contributed by atoms with Crippen molar-refractivity contribution in [1.29, 1.82) is 0 Å². The predicted molar refractivity (Wildman–Crippen MR) is 338 cm³/mol. The number of hydrogen-bond acceptors (Lipinski definition) is 1. The van der Waals surface area contributed by atoms with Crippen LogP contribution in [0.1, 0.15) is 174 Å². The first-order chi connectivity index (χ1) is 33.9. The molecular formula is C63H107NP2Si4. The second-order valence-electron chi connectivity index (χ2n) is 22.4. The van der Waals surface area contributed by atoms with Crippen LogP contribution in [-0.4, -0.2) is 42.8 Å². The van der Waals surface area contributed by atoms with Gasteiger partial charge in [0, 0.05) is 22.2 Å². The van der Waals surface area contributed by atoms with Gasteiger partial charge in [-0.25, -0.2) is 4.44 Å². The molecule has 0 aliphatic rings. The Morgan fingerprint density at radius 3 is 0.614 bits per heavy atom. The van der Waals surface area contributed by atoms with Crippen molar-refractivity contribution >= 4 is 90.4 Å². The molecular weight excluding hydrogens is 945 g/mol. The van der Waals surface area contributed by atoms with Crippen LogP contribution >= 0.6 is 16.1 Å². The van der Waals surface area contributed by atoms with Gasteiger partial charge in [-0.05, 0) is 35.1 Å². The maximum absolute atomic E-state index is 3.19. The average Bonchev–Trinajstić information content (AvgIpc) is 3.35. The van der Waals surface area contributed by atoms with Gasteiger partial charge in [-0.1, -0.05) is 350 Å². The van der Waals surface area contributed by atoms with Crippen molar-refractivity contribution < 1.29 is 0 Å². The van der Waals surface area contributed by atoms with E-state index in [-0.39, 0.29) is 0 Å². The molecule has 4 aromatic rings. The van der Waals surface area contributed by atoms with E-state index in [1.165, 1.54) is 150 Å². The second-order valence-corrected chi connectivity index (χ2v) is 45.4. The molecule has 0 unspecified atom stereocenters. The summed E-state index contributed by atoms with van der Waals surface area (Å²) in [6.45, 7) is 34.7. The van der Waals surface area contributed by atoms with Gasteiger partial charge in [0.1, 0.15) is 0 Å². The van der Waals surface area contributed by atoms with Crippen LogP contribution in [0.2, 0.25) is 72.5 Å². The monoisotopic (exact) mass is 1050 g/mol. The van der Waals surface area contributed by atoms with E-state index in [1.54, 1.807) is 42.0 Å². The Morgan fingerprint density at radius 1 is 0.300 bits per heavy atom. The topological polar surface area (TPSA) is 3.24 Å². The Bertz CT molecular complexity index is 1730. The highest BCUT2D eigenvalue weighted by atomic mass is 31.2. The van der Waals surface area contributed by atoms with Gasteiger partial charge in [0.25, 0.3) is 0 Å². The molecule has 4 rings (SSSR count). The SMILES string of the molecule is CCC[Si](CCC)(CCC)c1cccc(P(c2cccc([Si](CCC)(CCC)CCC)c2)N(C(C)C)P(c2cccc([Si](CCC)(CCC)CCC)c2)c2cccc([Si](CCC)(CCC)CCC)c2)c1. The summed E-state index contributed by atoms with van der Waals surface area (Å²) < 4.78 is 3.19. The van der Waals surface area contributed by atoms with Gasteiger partial charge in [-0.2, -0.15) is 0 Å². The van der Waals surface area contributed by atoms with Gasteiger partial charge < -0.3 is 0 Å². The predicted octanol–water partition coefficient (Wildman–Crippen LogP) is 17.3.